The number of allylic oxidation sites excluding steroid dienone is 1. The summed E-state index contributed by atoms with van der Waals surface area (Å²) in [5, 5.41) is 12.8. The van der Waals surface area contributed by atoms with Gasteiger partial charge in [-0.3, -0.25) is 4.79 Å². The van der Waals surface area contributed by atoms with Gasteiger partial charge >= 0.3 is 0 Å². The Kier molecular flexibility index (Phi) is 9.19. The maximum atomic E-state index is 12.7. The molecule has 1 saturated carbocycles. The zero-order valence-corrected chi connectivity index (χ0v) is 19.8. The van der Waals surface area contributed by atoms with Gasteiger partial charge in [-0.15, -0.1) is 16.8 Å². The first-order valence-corrected chi connectivity index (χ1v) is 12.7. The summed E-state index contributed by atoms with van der Waals surface area (Å²) in [6.07, 6.45) is 12.6. The highest BCUT2D eigenvalue weighted by Crippen LogP contribution is 2.28. The number of rotatable bonds is 11. The highest BCUT2D eigenvalue weighted by atomic mass is 32.2. The Morgan fingerprint density at radius 3 is 2.55 bits per heavy atom. The highest BCUT2D eigenvalue weighted by molar-refractivity contribution is 7.99. The third-order valence-corrected chi connectivity index (χ3v) is 7.17. The van der Waals surface area contributed by atoms with Crippen LogP contribution in [0.25, 0.3) is 0 Å². The number of aromatic nitrogens is 3. The van der Waals surface area contributed by atoms with Crippen LogP contribution in [0.1, 0.15) is 69.3 Å². The molecule has 5 nitrogen and oxygen atoms in total. The van der Waals surface area contributed by atoms with Crippen molar-refractivity contribution >= 4 is 23.4 Å². The Morgan fingerprint density at radius 2 is 1.90 bits per heavy atom. The molecule has 1 aromatic carbocycles. The maximum Gasteiger partial charge on any atom is 0.234 e. The van der Waals surface area contributed by atoms with Gasteiger partial charge in [0, 0.05) is 18.7 Å². The Hall–Kier alpha value is -2.08. The summed E-state index contributed by atoms with van der Waals surface area (Å²) in [4.78, 5) is 12.7. The van der Waals surface area contributed by atoms with Crippen LogP contribution in [0.15, 0.2) is 36.0 Å². The molecule has 0 atom stereocenters. The molecule has 1 aliphatic carbocycles. The van der Waals surface area contributed by atoms with Crippen molar-refractivity contribution in [3.05, 3.63) is 47.8 Å². The van der Waals surface area contributed by atoms with Crippen LogP contribution < -0.4 is 5.32 Å². The van der Waals surface area contributed by atoms with E-state index in [9.17, 15) is 4.79 Å². The molecule has 0 saturated heterocycles. The first kappa shape index (κ1) is 23.6. The van der Waals surface area contributed by atoms with E-state index in [1.165, 1.54) is 61.4 Å². The number of hydrogen-bond acceptors (Lipinski definition) is 4. The largest absolute Gasteiger partial charge is 0.325 e. The van der Waals surface area contributed by atoms with E-state index in [0.717, 1.165) is 41.8 Å². The minimum atomic E-state index is -0.00231. The number of hydrogen-bond donors (Lipinski definition) is 1. The van der Waals surface area contributed by atoms with Crippen molar-refractivity contribution in [1.82, 2.24) is 14.8 Å². The van der Waals surface area contributed by atoms with Gasteiger partial charge in [0.25, 0.3) is 0 Å². The Morgan fingerprint density at radius 1 is 1.19 bits per heavy atom. The summed E-state index contributed by atoms with van der Waals surface area (Å²) in [5.41, 5.74) is 3.33. The second kappa shape index (κ2) is 12.1. The molecule has 31 heavy (non-hydrogen) atoms. The van der Waals surface area contributed by atoms with Crippen molar-refractivity contribution in [2.75, 3.05) is 11.1 Å². The van der Waals surface area contributed by atoms with E-state index in [4.69, 9.17) is 0 Å². The van der Waals surface area contributed by atoms with Crippen molar-refractivity contribution in [2.45, 2.75) is 83.3 Å². The van der Waals surface area contributed by atoms with Gasteiger partial charge in [0.15, 0.2) is 5.16 Å². The molecular formula is C25H36N4OS. The second-order valence-electron chi connectivity index (χ2n) is 8.34. The second-order valence-corrected chi connectivity index (χ2v) is 9.28. The predicted octanol–water partition coefficient (Wildman–Crippen LogP) is 5.83. The number of anilines is 1. The van der Waals surface area contributed by atoms with E-state index in [2.05, 4.69) is 58.7 Å². The number of benzene rings is 1. The summed E-state index contributed by atoms with van der Waals surface area (Å²) < 4.78 is 2.12. The summed E-state index contributed by atoms with van der Waals surface area (Å²) in [5.74, 6) is 2.14. The van der Waals surface area contributed by atoms with Gasteiger partial charge in [0.1, 0.15) is 5.82 Å². The average Bonchev–Trinajstić information content (AvgIpc) is 3.18. The van der Waals surface area contributed by atoms with Crippen molar-refractivity contribution < 1.29 is 4.79 Å². The lowest BCUT2D eigenvalue weighted by atomic mass is 9.86. The molecule has 1 fully saturated rings. The molecule has 1 amide bonds. The summed E-state index contributed by atoms with van der Waals surface area (Å²) in [6, 6.07) is 6.23. The van der Waals surface area contributed by atoms with E-state index in [1.54, 1.807) is 0 Å². The minimum Gasteiger partial charge on any atom is -0.325 e. The number of carbonyl (C=O) groups is 1. The topological polar surface area (TPSA) is 59.8 Å². The van der Waals surface area contributed by atoms with Gasteiger partial charge in [0.2, 0.25) is 5.91 Å². The fraction of sp³-hybridized carbons (Fsp3) is 0.560. The van der Waals surface area contributed by atoms with E-state index in [0.29, 0.717) is 12.3 Å². The molecule has 3 rings (SSSR count). The normalized spacial score (nSPS) is 14.5. The molecule has 1 aromatic heterocycles. The molecule has 1 heterocycles. The van der Waals surface area contributed by atoms with E-state index in [1.807, 2.05) is 6.08 Å². The quantitative estimate of drug-likeness (QED) is 0.353. The lowest BCUT2D eigenvalue weighted by Crippen LogP contribution is -2.17. The van der Waals surface area contributed by atoms with E-state index >= 15 is 0 Å². The van der Waals surface area contributed by atoms with Gasteiger partial charge in [-0.25, -0.2) is 0 Å². The molecule has 0 bridgehead atoms. The molecule has 0 unspecified atom stereocenters. The number of nitrogens with one attached hydrogen (secondary N) is 1. The summed E-state index contributed by atoms with van der Waals surface area (Å²) >= 11 is 1.45. The predicted molar refractivity (Wildman–Crippen MR) is 130 cm³/mol. The standard InChI is InChI=1S/C25H36N4OS/c1-4-17-29-22(16-15-19-11-8-7-9-12-19)27-28-25(29)31-18-23(30)26-24-20(5-2)13-10-14-21(24)6-3/h4,10,13-14,19H,1,5-9,11-12,15-18H2,2-3H3,(H,26,30). The zero-order chi connectivity index (χ0) is 22.1. The van der Waals surface area contributed by atoms with E-state index < -0.39 is 0 Å². The molecule has 168 valence electrons. The van der Waals surface area contributed by atoms with Crippen molar-refractivity contribution in [1.29, 1.82) is 0 Å². The van der Waals surface area contributed by atoms with Gasteiger partial charge in [0.05, 0.1) is 5.75 Å². The van der Waals surface area contributed by atoms with Crippen LogP contribution in [0.5, 0.6) is 0 Å². The number of thioether (sulfide) groups is 1. The molecule has 0 aliphatic heterocycles. The highest BCUT2D eigenvalue weighted by Gasteiger charge is 2.18. The molecule has 1 N–H and O–H groups in total. The van der Waals surface area contributed by atoms with Crippen LogP contribution in [-0.4, -0.2) is 26.4 Å². The monoisotopic (exact) mass is 440 g/mol. The molecular weight excluding hydrogens is 404 g/mol. The van der Waals surface area contributed by atoms with Crippen molar-refractivity contribution in [3.8, 4) is 0 Å². The zero-order valence-electron chi connectivity index (χ0n) is 19.0. The first-order chi connectivity index (χ1) is 15.2. The molecule has 1 aliphatic rings. The van der Waals surface area contributed by atoms with Gasteiger partial charge < -0.3 is 9.88 Å². The number of para-hydroxylation sites is 1. The molecule has 0 spiro atoms. The summed E-state index contributed by atoms with van der Waals surface area (Å²) in [7, 11) is 0. The third kappa shape index (κ3) is 6.45. The molecule has 2 aromatic rings. The fourth-order valence-corrected chi connectivity index (χ4v) is 5.21. The summed E-state index contributed by atoms with van der Waals surface area (Å²) in [6.45, 7) is 8.80. The SMILES string of the molecule is C=CCn1c(CCC2CCCCC2)nnc1SCC(=O)Nc1c(CC)cccc1CC. The van der Waals surface area contributed by atoms with Crippen LogP contribution >= 0.6 is 11.8 Å². The average molecular weight is 441 g/mol. The van der Waals surface area contributed by atoms with Crippen LogP contribution in [0.3, 0.4) is 0 Å². The van der Waals surface area contributed by atoms with E-state index in [-0.39, 0.29) is 5.91 Å². The van der Waals surface area contributed by atoms with Crippen molar-refractivity contribution in [3.63, 3.8) is 0 Å². The number of amides is 1. The van der Waals surface area contributed by atoms with Crippen LogP contribution in [0.4, 0.5) is 5.69 Å². The van der Waals surface area contributed by atoms with Crippen LogP contribution in [0.2, 0.25) is 0 Å². The lowest BCUT2D eigenvalue weighted by Gasteiger charge is -2.21. The molecule has 0 radical (unpaired) electrons. The Balaban J connectivity index is 1.61. The Bertz CT molecular complexity index is 848. The smallest absolute Gasteiger partial charge is 0.234 e. The lowest BCUT2D eigenvalue weighted by molar-refractivity contribution is -0.113. The van der Waals surface area contributed by atoms with Crippen molar-refractivity contribution in [2.24, 2.45) is 5.92 Å². The Labute approximate surface area is 191 Å². The van der Waals surface area contributed by atoms with Gasteiger partial charge in [-0.1, -0.05) is 82.0 Å². The third-order valence-electron chi connectivity index (χ3n) is 6.20. The number of carbonyl (C=O) groups excluding carboxylic acids is 1. The van der Waals surface area contributed by atoms with Gasteiger partial charge in [-0.2, -0.15) is 0 Å². The first-order valence-electron chi connectivity index (χ1n) is 11.7. The maximum absolute atomic E-state index is 12.7. The number of nitrogens with zero attached hydrogens (tertiary/aromatic N) is 3. The number of aryl methyl sites for hydroxylation is 3. The fourth-order valence-electron chi connectivity index (χ4n) is 4.44. The minimum absolute atomic E-state index is 0.00231. The molecule has 6 heteroatoms. The van der Waals surface area contributed by atoms with Crippen LogP contribution in [-0.2, 0) is 30.6 Å². The van der Waals surface area contributed by atoms with Crippen LogP contribution in [0, 0.1) is 5.92 Å². The van der Waals surface area contributed by atoms with Gasteiger partial charge in [-0.05, 0) is 36.3 Å².